The Morgan fingerprint density at radius 2 is 2.00 bits per heavy atom. The molecule has 0 aromatic heterocycles. The van der Waals surface area contributed by atoms with Crippen molar-refractivity contribution < 1.29 is 14.3 Å². The number of hydrogen-bond donors (Lipinski definition) is 0. The third kappa shape index (κ3) is 3.62. The molecule has 0 spiro atoms. The number of para-hydroxylation sites is 2. The fourth-order valence-corrected chi connectivity index (χ4v) is 3.29. The van der Waals surface area contributed by atoms with Crippen LogP contribution < -0.4 is 14.4 Å². The van der Waals surface area contributed by atoms with E-state index in [2.05, 4.69) is 0 Å². The van der Waals surface area contributed by atoms with Gasteiger partial charge in [-0.15, -0.1) is 11.8 Å². The van der Waals surface area contributed by atoms with E-state index in [9.17, 15) is 4.79 Å². The molecule has 1 aliphatic heterocycles. The van der Waals surface area contributed by atoms with E-state index in [1.807, 2.05) is 60.4 Å². The number of amides is 1. The van der Waals surface area contributed by atoms with Crippen molar-refractivity contribution in [2.45, 2.75) is 17.9 Å². The van der Waals surface area contributed by atoms with Crippen LogP contribution in [0.1, 0.15) is 6.92 Å². The second-order valence-electron chi connectivity index (χ2n) is 5.36. The summed E-state index contributed by atoms with van der Waals surface area (Å²) in [7, 11) is 1.64. The van der Waals surface area contributed by atoms with Gasteiger partial charge in [0.05, 0.1) is 25.1 Å². The zero-order valence-electron chi connectivity index (χ0n) is 13.2. The van der Waals surface area contributed by atoms with Crippen LogP contribution in [0.25, 0.3) is 0 Å². The first-order chi connectivity index (χ1) is 11.2. The van der Waals surface area contributed by atoms with Crippen LogP contribution in [-0.2, 0) is 4.79 Å². The maximum atomic E-state index is 12.6. The fraction of sp³-hybridized carbons (Fsp3) is 0.278. The summed E-state index contributed by atoms with van der Waals surface area (Å²) >= 11 is 1.53. The van der Waals surface area contributed by atoms with Crippen molar-refractivity contribution in [3.8, 4) is 11.5 Å². The molecule has 2 aromatic rings. The van der Waals surface area contributed by atoms with Gasteiger partial charge in [-0.3, -0.25) is 4.79 Å². The van der Waals surface area contributed by atoms with Crippen LogP contribution in [0.5, 0.6) is 11.5 Å². The van der Waals surface area contributed by atoms with Crippen molar-refractivity contribution in [2.75, 3.05) is 24.3 Å². The Morgan fingerprint density at radius 3 is 2.74 bits per heavy atom. The average Bonchev–Trinajstić information content (AvgIpc) is 2.59. The summed E-state index contributed by atoms with van der Waals surface area (Å²) in [5.41, 5.74) is 0.853. The van der Waals surface area contributed by atoms with Gasteiger partial charge in [0.15, 0.2) is 0 Å². The highest BCUT2D eigenvalue weighted by Crippen LogP contribution is 2.33. The third-order valence-corrected chi connectivity index (χ3v) is 4.64. The molecule has 2 aromatic carbocycles. The number of anilines is 1. The van der Waals surface area contributed by atoms with Crippen molar-refractivity contribution in [2.24, 2.45) is 0 Å². The van der Waals surface area contributed by atoms with Crippen LogP contribution in [-0.4, -0.2) is 31.4 Å². The molecule has 23 heavy (non-hydrogen) atoms. The van der Waals surface area contributed by atoms with E-state index in [-0.39, 0.29) is 12.0 Å². The van der Waals surface area contributed by atoms with E-state index < -0.39 is 0 Å². The van der Waals surface area contributed by atoms with Crippen molar-refractivity contribution in [1.29, 1.82) is 0 Å². The normalized spacial score (nSPS) is 16.4. The van der Waals surface area contributed by atoms with Crippen LogP contribution in [0.2, 0.25) is 0 Å². The number of fused-ring (bicyclic) bond motifs is 1. The van der Waals surface area contributed by atoms with E-state index in [1.54, 1.807) is 7.11 Å². The quantitative estimate of drug-likeness (QED) is 0.804. The van der Waals surface area contributed by atoms with E-state index in [0.717, 1.165) is 22.1 Å². The molecule has 5 heteroatoms. The van der Waals surface area contributed by atoms with Crippen LogP contribution in [0, 0.1) is 0 Å². The number of ether oxygens (including phenoxy) is 2. The van der Waals surface area contributed by atoms with Crippen LogP contribution in [0.3, 0.4) is 0 Å². The molecule has 0 saturated carbocycles. The van der Waals surface area contributed by atoms with Crippen molar-refractivity contribution in [3.05, 3.63) is 48.5 Å². The first-order valence-corrected chi connectivity index (χ1v) is 8.49. The number of rotatable bonds is 4. The number of carbonyl (C=O) groups excluding carboxylic acids is 1. The van der Waals surface area contributed by atoms with Crippen LogP contribution in [0.15, 0.2) is 53.4 Å². The zero-order valence-corrected chi connectivity index (χ0v) is 14.0. The number of benzene rings is 2. The monoisotopic (exact) mass is 329 g/mol. The number of hydrogen-bond acceptors (Lipinski definition) is 4. The molecule has 4 nitrogen and oxygen atoms in total. The predicted molar refractivity (Wildman–Crippen MR) is 92.6 cm³/mol. The number of nitrogens with zero attached hydrogens (tertiary/aromatic N) is 1. The van der Waals surface area contributed by atoms with Crippen LogP contribution in [0.4, 0.5) is 5.69 Å². The van der Waals surface area contributed by atoms with E-state index in [1.165, 1.54) is 11.8 Å². The molecule has 0 aliphatic carbocycles. The highest BCUT2D eigenvalue weighted by atomic mass is 32.2. The van der Waals surface area contributed by atoms with Gasteiger partial charge in [-0.1, -0.05) is 12.1 Å². The molecule has 1 atom stereocenters. The summed E-state index contributed by atoms with van der Waals surface area (Å²) in [5.74, 6) is 2.08. The number of methoxy groups -OCH3 is 1. The van der Waals surface area contributed by atoms with Gasteiger partial charge in [0.2, 0.25) is 5.91 Å². The molecular weight excluding hydrogens is 310 g/mol. The number of thioether (sulfide) groups is 1. The summed E-state index contributed by atoms with van der Waals surface area (Å²) in [6, 6.07) is 15.4. The Labute approximate surface area is 140 Å². The summed E-state index contributed by atoms with van der Waals surface area (Å²) in [6.07, 6.45) is -0.000151. The SMILES string of the molecule is COc1ccc(SCC(=O)N2CC(C)Oc3ccccc32)cc1. The highest BCUT2D eigenvalue weighted by Gasteiger charge is 2.27. The zero-order chi connectivity index (χ0) is 16.2. The molecule has 120 valence electrons. The molecule has 1 heterocycles. The Kier molecular flexibility index (Phi) is 4.76. The lowest BCUT2D eigenvalue weighted by Crippen LogP contribution is -2.43. The largest absolute Gasteiger partial charge is 0.497 e. The van der Waals surface area contributed by atoms with E-state index >= 15 is 0 Å². The maximum absolute atomic E-state index is 12.6. The van der Waals surface area contributed by atoms with Gasteiger partial charge >= 0.3 is 0 Å². The molecular formula is C18H19NO3S. The molecule has 0 N–H and O–H groups in total. The smallest absolute Gasteiger partial charge is 0.237 e. The molecule has 0 bridgehead atoms. The molecule has 1 aliphatic rings. The predicted octanol–water partition coefficient (Wildman–Crippen LogP) is 3.60. The fourth-order valence-electron chi connectivity index (χ4n) is 2.52. The summed E-state index contributed by atoms with van der Waals surface area (Å²) in [5, 5.41) is 0. The Bertz CT molecular complexity index is 687. The van der Waals surface area contributed by atoms with Gasteiger partial charge in [-0.25, -0.2) is 0 Å². The lowest BCUT2D eigenvalue weighted by molar-refractivity contribution is -0.116. The van der Waals surface area contributed by atoms with E-state index in [0.29, 0.717) is 12.3 Å². The third-order valence-electron chi connectivity index (χ3n) is 3.65. The highest BCUT2D eigenvalue weighted by molar-refractivity contribution is 8.00. The molecule has 0 fully saturated rings. The van der Waals surface area contributed by atoms with Gasteiger partial charge in [-0.05, 0) is 43.3 Å². The summed E-state index contributed by atoms with van der Waals surface area (Å²) in [6.45, 7) is 2.56. The molecule has 0 saturated heterocycles. The second-order valence-corrected chi connectivity index (χ2v) is 6.41. The Morgan fingerprint density at radius 1 is 1.26 bits per heavy atom. The maximum Gasteiger partial charge on any atom is 0.237 e. The van der Waals surface area contributed by atoms with Crippen molar-refractivity contribution >= 4 is 23.4 Å². The summed E-state index contributed by atoms with van der Waals surface area (Å²) in [4.78, 5) is 15.5. The molecule has 3 rings (SSSR count). The van der Waals surface area contributed by atoms with Crippen molar-refractivity contribution in [1.82, 2.24) is 0 Å². The van der Waals surface area contributed by atoms with Gasteiger partial charge in [0.1, 0.15) is 17.6 Å². The lowest BCUT2D eigenvalue weighted by Gasteiger charge is -2.33. The first kappa shape index (κ1) is 15.7. The molecule has 0 radical (unpaired) electrons. The molecule has 1 amide bonds. The first-order valence-electron chi connectivity index (χ1n) is 7.50. The molecule has 1 unspecified atom stereocenters. The topological polar surface area (TPSA) is 38.8 Å². The average molecular weight is 329 g/mol. The van der Waals surface area contributed by atoms with Gasteiger partial charge in [0, 0.05) is 4.90 Å². The van der Waals surface area contributed by atoms with Gasteiger partial charge in [-0.2, -0.15) is 0 Å². The summed E-state index contributed by atoms with van der Waals surface area (Å²) < 4.78 is 10.9. The second kappa shape index (κ2) is 6.96. The number of carbonyl (C=O) groups is 1. The van der Waals surface area contributed by atoms with Gasteiger partial charge in [0.25, 0.3) is 0 Å². The lowest BCUT2D eigenvalue weighted by atomic mass is 10.2. The minimum absolute atomic E-state index is 0.000151. The Hall–Kier alpha value is -2.14. The van der Waals surface area contributed by atoms with E-state index in [4.69, 9.17) is 9.47 Å². The standard InChI is InChI=1S/C18H19NO3S/c1-13-11-19(16-5-3-4-6-17(16)22-13)18(20)12-23-15-9-7-14(21-2)8-10-15/h3-10,13H,11-12H2,1-2H3. The van der Waals surface area contributed by atoms with Crippen molar-refractivity contribution in [3.63, 3.8) is 0 Å². The van der Waals surface area contributed by atoms with Crippen LogP contribution >= 0.6 is 11.8 Å². The Balaban J connectivity index is 1.68. The minimum Gasteiger partial charge on any atom is -0.497 e. The van der Waals surface area contributed by atoms with Gasteiger partial charge < -0.3 is 14.4 Å². The minimum atomic E-state index is -0.000151.